The number of aromatic nitrogens is 1. The van der Waals surface area contributed by atoms with Crippen LogP contribution >= 0.6 is 22.9 Å². The summed E-state index contributed by atoms with van der Waals surface area (Å²) in [6.45, 7) is 5.00. The van der Waals surface area contributed by atoms with Crippen LogP contribution in [0.5, 0.6) is 0 Å². The maximum atomic E-state index is 6.03. The van der Waals surface area contributed by atoms with Gasteiger partial charge in [-0.3, -0.25) is 0 Å². The van der Waals surface area contributed by atoms with Gasteiger partial charge in [0.2, 0.25) is 0 Å². The first-order valence-corrected chi connectivity index (χ1v) is 7.34. The molecule has 0 amide bonds. The van der Waals surface area contributed by atoms with E-state index in [4.69, 9.17) is 11.6 Å². The Hall–Kier alpha value is -0.900. The van der Waals surface area contributed by atoms with Crippen LogP contribution in [0.15, 0.2) is 29.6 Å². The van der Waals surface area contributed by atoms with Gasteiger partial charge in [0.15, 0.2) is 0 Å². The number of thiazole rings is 1. The van der Waals surface area contributed by atoms with Gasteiger partial charge in [-0.1, -0.05) is 30.7 Å². The number of hydrogen-bond donors (Lipinski definition) is 1. The van der Waals surface area contributed by atoms with Crippen molar-refractivity contribution in [3.05, 3.63) is 50.9 Å². The molecule has 1 aromatic carbocycles. The van der Waals surface area contributed by atoms with Crippen LogP contribution in [0.3, 0.4) is 0 Å². The van der Waals surface area contributed by atoms with Gasteiger partial charge in [0, 0.05) is 23.0 Å². The van der Waals surface area contributed by atoms with Crippen molar-refractivity contribution in [2.75, 3.05) is 0 Å². The number of hydrogen-bond acceptors (Lipinski definition) is 3. The van der Waals surface area contributed by atoms with Gasteiger partial charge in [-0.15, -0.1) is 11.3 Å². The Morgan fingerprint density at radius 2 is 2.28 bits per heavy atom. The van der Waals surface area contributed by atoms with Crippen molar-refractivity contribution >= 4 is 22.9 Å². The molecule has 1 atom stereocenters. The van der Waals surface area contributed by atoms with Gasteiger partial charge in [0.25, 0.3) is 0 Å². The van der Waals surface area contributed by atoms with Gasteiger partial charge in [0.05, 0.1) is 10.7 Å². The summed E-state index contributed by atoms with van der Waals surface area (Å²) in [6, 6.07) is 8.36. The average molecular weight is 281 g/mol. The lowest BCUT2D eigenvalue weighted by Crippen LogP contribution is -2.20. The average Bonchev–Trinajstić information content (AvgIpc) is 2.76. The van der Waals surface area contributed by atoms with E-state index >= 15 is 0 Å². The maximum Gasteiger partial charge on any atom is 0.0897 e. The van der Waals surface area contributed by atoms with Crippen LogP contribution < -0.4 is 5.32 Å². The van der Waals surface area contributed by atoms with E-state index in [0.29, 0.717) is 6.04 Å². The molecular weight excluding hydrogens is 264 g/mol. The lowest BCUT2D eigenvalue weighted by Gasteiger charge is -2.17. The molecule has 96 valence electrons. The zero-order valence-corrected chi connectivity index (χ0v) is 12.2. The van der Waals surface area contributed by atoms with E-state index in [9.17, 15) is 0 Å². The van der Waals surface area contributed by atoms with E-state index in [-0.39, 0.29) is 0 Å². The Bertz CT molecular complexity index is 510. The summed E-state index contributed by atoms with van der Waals surface area (Å²) in [5.41, 5.74) is 2.34. The molecule has 0 saturated carbocycles. The van der Waals surface area contributed by atoms with Gasteiger partial charge in [-0.05, 0) is 31.0 Å². The summed E-state index contributed by atoms with van der Waals surface area (Å²) in [7, 11) is 0. The van der Waals surface area contributed by atoms with E-state index in [1.165, 1.54) is 5.56 Å². The van der Waals surface area contributed by atoms with Gasteiger partial charge < -0.3 is 5.32 Å². The van der Waals surface area contributed by atoms with Gasteiger partial charge in [-0.2, -0.15) is 0 Å². The summed E-state index contributed by atoms with van der Waals surface area (Å²) in [5.74, 6) is 0. The van der Waals surface area contributed by atoms with Crippen molar-refractivity contribution in [3.8, 4) is 0 Å². The monoisotopic (exact) mass is 280 g/mol. The summed E-state index contributed by atoms with van der Waals surface area (Å²) < 4.78 is 0. The van der Waals surface area contributed by atoms with Crippen LogP contribution in [-0.4, -0.2) is 4.98 Å². The Balaban J connectivity index is 2.01. The first-order valence-electron chi connectivity index (χ1n) is 6.09. The molecule has 0 bridgehead atoms. The molecule has 1 heterocycles. The molecule has 2 rings (SSSR count). The Kier molecular flexibility index (Phi) is 4.75. The molecule has 1 aromatic heterocycles. The molecular formula is C14H17ClN2S. The smallest absolute Gasteiger partial charge is 0.0897 e. The number of nitrogens with one attached hydrogen (secondary N) is 1. The number of benzene rings is 1. The molecule has 0 aliphatic rings. The molecule has 0 aliphatic heterocycles. The van der Waals surface area contributed by atoms with Gasteiger partial charge in [-0.25, -0.2) is 4.98 Å². The van der Waals surface area contributed by atoms with E-state index in [1.54, 1.807) is 11.3 Å². The van der Waals surface area contributed by atoms with Crippen LogP contribution in [-0.2, 0) is 6.54 Å². The third kappa shape index (κ3) is 3.55. The van der Waals surface area contributed by atoms with Crippen LogP contribution in [0.2, 0.25) is 5.02 Å². The van der Waals surface area contributed by atoms with Crippen molar-refractivity contribution in [2.24, 2.45) is 0 Å². The lowest BCUT2D eigenvalue weighted by molar-refractivity contribution is 0.515. The Morgan fingerprint density at radius 1 is 1.44 bits per heavy atom. The van der Waals surface area contributed by atoms with Crippen LogP contribution in [0.1, 0.15) is 35.7 Å². The molecule has 0 fully saturated rings. The topological polar surface area (TPSA) is 24.9 Å². The minimum absolute atomic E-state index is 0.325. The number of aryl methyl sites for hydroxylation is 1. The van der Waals surface area contributed by atoms with Crippen molar-refractivity contribution in [1.29, 1.82) is 0 Å². The first kappa shape index (κ1) is 13.5. The van der Waals surface area contributed by atoms with Gasteiger partial charge >= 0.3 is 0 Å². The fourth-order valence-electron chi connectivity index (χ4n) is 1.94. The molecule has 0 aliphatic carbocycles. The second-order valence-electron chi connectivity index (χ2n) is 4.25. The molecule has 0 radical (unpaired) electrons. The molecule has 0 spiro atoms. The maximum absolute atomic E-state index is 6.03. The van der Waals surface area contributed by atoms with E-state index in [0.717, 1.165) is 28.7 Å². The second kappa shape index (κ2) is 6.32. The fraction of sp³-hybridized carbons (Fsp3) is 0.357. The van der Waals surface area contributed by atoms with E-state index in [1.807, 2.05) is 25.1 Å². The third-order valence-electron chi connectivity index (χ3n) is 2.86. The summed E-state index contributed by atoms with van der Waals surface area (Å²) >= 11 is 7.72. The predicted molar refractivity (Wildman–Crippen MR) is 78.2 cm³/mol. The first-order chi connectivity index (χ1) is 8.69. The third-order valence-corrected chi connectivity index (χ3v) is 3.91. The number of nitrogens with zero attached hydrogens (tertiary/aromatic N) is 1. The van der Waals surface area contributed by atoms with Crippen molar-refractivity contribution < 1.29 is 0 Å². The zero-order chi connectivity index (χ0) is 13.0. The minimum Gasteiger partial charge on any atom is -0.304 e. The normalized spacial score (nSPS) is 12.6. The molecule has 4 heteroatoms. The van der Waals surface area contributed by atoms with Crippen LogP contribution in [0.4, 0.5) is 0 Å². The van der Waals surface area contributed by atoms with Crippen molar-refractivity contribution in [1.82, 2.24) is 10.3 Å². The largest absolute Gasteiger partial charge is 0.304 e. The van der Waals surface area contributed by atoms with Crippen molar-refractivity contribution in [3.63, 3.8) is 0 Å². The lowest BCUT2D eigenvalue weighted by atomic mass is 10.0. The highest BCUT2D eigenvalue weighted by molar-refractivity contribution is 7.09. The number of halogens is 1. The Labute approximate surface area is 117 Å². The van der Waals surface area contributed by atoms with E-state index in [2.05, 4.69) is 28.7 Å². The van der Waals surface area contributed by atoms with E-state index < -0.39 is 0 Å². The van der Waals surface area contributed by atoms with Crippen LogP contribution in [0, 0.1) is 6.92 Å². The fourth-order valence-corrected chi connectivity index (χ4v) is 2.75. The summed E-state index contributed by atoms with van der Waals surface area (Å²) in [6.07, 6.45) is 1.03. The molecule has 0 saturated heterocycles. The summed E-state index contributed by atoms with van der Waals surface area (Å²) in [4.78, 5) is 4.46. The highest BCUT2D eigenvalue weighted by atomic mass is 35.5. The quantitative estimate of drug-likeness (QED) is 0.881. The molecule has 18 heavy (non-hydrogen) atoms. The minimum atomic E-state index is 0.325. The molecule has 2 aromatic rings. The van der Waals surface area contributed by atoms with Gasteiger partial charge in [0.1, 0.15) is 0 Å². The predicted octanol–water partition coefficient (Wildman–Crippen LogP) is 4.35. The standard InChI is InChI=1S/C14H17ClN2S/c1-3-14(11-5-4-6-12(15)7-11)16-8-13-9-18-10(2)17-13/h4-7,9,14,16H,3,8H2,1-2H3. The Morgan fingerprint density at radius 3 is 2.89 bits per heavy atom. The number of rotatable bonds is 5. The summed E-state index contributed by atoms with van der Waals surface area (Å²) in [5, 5.41) is 7.53. The highest BCUT2D eigenvalue weighted by Crippen LogP contribution is 2.21. The SMILES string of the molecule is CCC(NCc1csc(C)n1)c1cccc(Cl)c1. The zero-order valence-electron chi connectivity index (χ0n) is 10.6. The highest BCUT2D eigenvalue weighted by Gasteiger charge is 2.09. The molecule has 2 nitrogen and oxygen atoms in total. The molecule has 1 unspecified atom stereocenters. The second-order valence-corrected chi connectivity index (χ2v) is 5.75. The molecule has 1 N–H and O–H groups in total. The van der Waals surface area contributed by atoms with Crippen molar-refractivity contribution in [2.45, 2.75) is 32.9 Å². The van der Waals surface area contributed by atoms with Crippen LogP contribution in [0.25, 0.3) is 0 Å².